The zero-order chi connectivity index (χ0) is 12.0. The first-order chi connectivity index (χ1) is 7.69. The summed E-state index contributed by atoms with van der Waals surface area (Å²) in [6, 6.07) is -0.157. The van der Waals surface area contributed by atoms with Crippen LogP contribution in [0.25, 0.3) is 0 Å². The molecule has 2 unspecified atom stereocenters. The van der Waals surface area contributed by atoms with Gasteiger partial charge >= 0.3 is 0 Å². The molecule has 2 N–H and O–H groups in total. The highest BCUT2D eigenvalue weighted by Gasteiger charge is 2.17. The van der Waals surface area contributed by atoms with Gasteiger partial charge < -0.3 is 15.0 Å². The maximum Gasteiger partial charge on any atom is 0.243 e. The van der Waals surface area contributed by atoms with Crippen molar-refractivity contribution in [2.24, 2.45) is 5.73 Å². The predicted molar refractivity (Wildman–Crippen MR) is 60.8 cm³/mol. The molecule has 1 rings (SSSR count). The van der Waals surface area contributed by atoms with Crippen molar-refractivity contribution >= 4 is 0 Å². The lowest BCUT2D eigenvalue weighted by Gasteiger charge is -2.06. The molecule has 1 aromatic rings. The summed E-state index contributed by atoms with van der Waals surface area (Å²) in [6.07, 6.45) is 2.92. The van der Waals surface area contributed by atoms with E-state index in [9.17, 15) is 0 Å². The minimum absolute atomic E-state index is 0.138. The van der Waals surface area contributed by atoms with Crippen molar-refractivity contribution in [3.8, 4) is 0 Å². The van der Waals surface area contributed by atoms with Gasteiger partial charge in [-0.15, -0.1) is 0 Å². The molecule has 0 bridgehead atoms. The Morgan fingerprint density at radius 1 is 1.44 bits per heavy atom. The zero-order valence-corrected chi connectivity index (χ0v) is 10.3. The smallest absolute Gasteiger partial charge is 0.243 e. The Labute approximate surface area is 96.4 Å². The fourth-order valence-corrected chi connectivity index (χ4v) is 1.44. The van der Waals surface area contributed by atoms with Gasteiger partial charge in [0.1, 0.15) is 6.10 Å². The minimum atomic E-state index is -0.157. The first-order valence-electron chi connectivity index (χ1n) is 5.89. The predicted octanol–water partition coefficient (Wildman–Crippen LogP) is 2.36. The Morgan fingerprint density at radius 2 is 2.19 bits per heavy atom. The summed E-state index contributed by atoms with van der Waals surface area (Å²) in [5.41, 5.74) is 5.93. The van der Waals surface area contributed by atoms with Gasteiger partial charge in [-0.3, -0.25) is 0 Å². The van der Waals surface area contributed by atoms with E-state index >= 15 is 0 Å². The fraction of sp³-hybridized carbons (Fsp3) is 0.818. The van der Waals surface area contributed by atoms with Gasteiger partial charge in [-0.2, -0.15) is 4.98 Å². The van der Waals surface area contributed by atoms with Crippen LogP contribution in [0.15, 0.2) is 4.52 Å². The van der Waals surface area contributed by atoms with Crippen LogP contribution in [-0.4, -0.2) is 16.7 Å². The Balaban J connectivity index is 2.56. The first-order valence-corrected chi connectivity index (χ1v) is 5.89. The third-order valence-corrected chi connectivity index (χ3v) is 2.42. The van der Waals surface area contributed by atoms with Crippen LogP contribution in [0.5, 0.6) is 0 Å². The SMILES string of the molecule is CCCCC(N)c1nc(C(C)OCC)no1. The average molecular weight is 227 g/mol. The molecule has 0 aliphatic rings. The van der Waals surface area contributed by atoms with Crippen LogP contribution < -0.4 is 5.73 Å². The van der Waals surface area contributed by atoms with Crippen LogP contribution in [0.3, 0.4) is 0 Å². The number of ether oxygens (including phenoxy) is 1. The Morgan fingerprint density at radius 3 is 2.81 bits per heavy atom. The first kappa shape index (κ1) is 13.1. The van der Waals surface area contributed by atoms with Crippen molar-refractivity contribution in [1.29, 1.82) is 0 Å². The van der Waals surface area contributed by atoms with Crippen molar-refractivity contribution in [3.05, 3.63) is 11.7 Å². The second-order valence-corrected chi connectivity index (χ2v) is 3.84. The molecule has 0 saturated heterocycles. The molecule has 0 saturated carbocycles. The zero-order valence-electron chi connectivity index (χ0n) is 10.3. The summed E-state index contributed by atoms with van der Waals surface area (Å²) in [6.45, 7) is 6.59. The molecular weight excluding hydrogens is 206 g/mol. The van der Waals surface area contributed by atoms with Crippen LogP contribution in [0.2, 0.25) is 0 Å². The molecule has 0 spiro atoms. The largest absolute Gasteiger partial charge is 0.371 e. The van der Waals surface area contributed by atoms with Gasteiger partial charge in [0.25, 0.3) is 0 Å². The third kappa shape index (κ3) is 3.57. The molecule has 0 radical (unpaired) electrons. The van der Waals surface area contributed by atoms with E-state index in [1.165, 1.54) is 0 Å². The molecule has 92 valence electrons. The van der Waals surface area contributed by atoms with Crippen molar-refractivity contribution in [2.45, 2.75) is 52.2 Å². The second kappa shape index (κ2) is 6.60. The van der Waals surface area contributed by atoms with Crippen LogP contribution >= 0.6 is 0 Å². The van der Waals surface area contributed by atoms with Crippen LogP contribution in [0.1, 0.15) is 63.9 Å². The lowest BCUT2D eigenvalue weighted by atomic mass is 10.1. The molecule has 0 aliphatic carbocycles. The molecule has 0 fully saturated rings. The van der Waals surface area contributed by atoms with Gasteiger partial charge in [-0.05, 0) is 20.3 Å². The summed E-state index contributed by atoms with van der Waals surface area (Å²) in [5.74, 6) is 1.08. The lowest BCUT2D eigenvalue weighted by molar-refractivity contribution is 0.0683. The highest BCUT2D eigenvalue weighted by atomic mass is 16.5. The van der Waals surface area contributed by atoms with Gasteiger partial charge in [0, 0.05) is 6.61 Å². The van der Waals surface area contributed by atoms with Gasteiger partial charge in [0.2, 0.25) is 5.89 Å². The monoisotopic (exact) mass is 227 g/mol. The van der Waals surface area contributed by atoms with Gasteiger partial charge in [0.05, 0.1) is 6.04 Å². The van der Waals surface area contributed by atoms with Gasteiger partial charge in [-0.25, -0.2) is 0 Å². The average Bonchev–Trinajstić information content (AvgIpc) is 2.75. The normalized spacial score (nSPS) is 15.0. The molecule has 2 atom stereocenters. The summed E-state index contributed by atoms with van der Waals surface area (Å²) in [7, 11) is 0. The van der Waals surface area contributed by atoms with E-state index in [1.807, 2.05) is 13.8 Å². The number of nitrogens with zero attached hydrogens (tertiary/aromatic N) is 2. The lowest BCUT2D eigenvalue weighted by Crippen LogP contribution is -2.11. The number of nitrogens with two attached hydrogens (primary N) is 1. The van der Waals surface area contributed by atoms with Crippen LogP contribution in [0, 0.1) is 0 Å². The molecule has 0 aromatic carbocycles. The molecule has 16 heavy (non-hydrogen) atoms. The van der Waals surface area contributed by atoms with E-state index in [4.69, 9.17) is 15.0 Å². The Kier molecular flexibility index (Phi) is 5.42. The Bertz CT molecular complexity index is 301. The van der Waals surface area contributed by atoms with Crippen molar-refractivity contribution in [2.75, 3.05) is 6.61 Å². The number of hydrogen-bond acceptors (Lipinski definition) is 5. The molecular formula is C11H21N3O2. The van der Waals surface area contributed by atoms with Crippen LogP contribution in [-0.2, 0) is 4.74 Å². The number of aromatic nitrogens is 2. The van der Waals surface area contributed by atoms with E-state index in [0.717, 1.165) is 19.3 Å². The third-order valence-electron chi connectivity index (χ3n) is 2.42. The van der Waals surface area contributed by atoms with Crippen molar-refractivity contribution in [1.82, 2.24) is 10.1 Å². The maximum atomic E-state index is 5.93. The van der Waals surface area contributed by atoms with E-state index < -0.39 is 0 Å². The van der Waals surface area contributed by atoms with E-state index in [2.05, 4.69) is 17.1 Å². The molecule has 0 amide bonds. The maximum absolute atomic E-state index is 5.93. The van der Waals surface area contributed by atoms with Crippen molar-refractivity contribution in [3.63, 3.8) is 0 Å². The van der Waals surface area contributed by atoms with Crippen molar-refractivity contribution < 1.29 is 9.26 Å². The quantitative estimate of drug-likeness (QED) is 0.774. The molecule has 5 heteroatoms. The van der Waals surface area contributed by atoms with E-state index in [1.54, 1.807) is 0 Å². The molecule has 1 heterocycles. The fourth-order valence-electron chi connectivity index (χ4n) is 1.44. The number of hydrogen-bond donors (Lipinski definition) is 1. The number of unbranched alkanes of at least 4 members (excludes halogenated alkanes) is 1. The summed E-state index contributed by atoms with van der Waals surface area (Å²) in [4.78, 5) is 4.25. The Hall–Kier alpha value is -0.940. The van der Waals surface area contributed by atoms with Gasteiger partial charge in [0.15, 0.2) is 5.82 Å². The van der Waals surface area contributed by atoms with Crippen LogP contribution in [0.4, 0.5) is 0 Å². The topological polar surface area (TPSA) is 74.2 Å². The van der Waals surface area contributed by atoms with E-state index in [0.29, 0.717) is 18.3 Å². The highest BCUT2D eigenvalue weighted by Crippen LogP contribution is 2.18. The molecule has 0 aliphatic heterocycles. The minimum Gasteiger partial charge on any atom is -0.371 e. The molecule has 5 nitrogen and oxygen atoms in total. The standard InChI is InChI=1S/C11H21N3O2/c1-4-6-7-9(12)11-13-10(14-16-11)8(3)15-5-2/h8-9H,4-7,12H2,1-3H3. The van der Waals surface area contributed by atoms with E-state index in [-0.39, 0.29) is 12.1 Å². The number of rotatable bonds is 7. The summed E-state index contributed by atoms with van der Waals surface area (Å²) in [5, 5.41) is 3.87. The summed E-state index contributed by atoms with van der Waals surface area (Å²) >= 11 is 0. The second-order valence-electron chi connectivity index (χ2n) is 3.84. The highest BCUT2D eigenvalue weighted by molar-refractivity contribution is 4.94. The molecule has 1 aromatic heterocycles. The van der Waals surface area contributed by atoms with Gasteiger partial charge in [-0.1, -0.05) is 24.9 Å². The summed E-state index contributed by atoms with van der Waals surface area (Å²) < 4.78 is 10.5.